The molecule has 0 bridgehead atoms. The molecule has 2 rings (SSSR count). The van der Waals surface area contributed by atoms with Crippen LogP contribution in [0.5, 0.6) is 5.75 Å². The molecule has 0 aromatic heterocycles. The third-order valence-corrected chi connectivity index (χ3v) is 2.91. The monoisotopic (exact) mass is 254 g/mol. The van der Waals surface area contributed by atoms with Crippen molar-refractivity contribution >= 4 is 6.29 Å². The van der Waals surface area contributed by atoms with Crippen LogP contribution in [0, 0.1) is 6.92 Å². The number of ether oxygens (including phenoxy) is 1. The van der Waals surface area contributed by atoms with E-state index in [1.807, 2.05) is 63.2 Å². The van der Waals surface area contributed by atoms with Crippen molar-refractivity contribution in [1.29, 1.82) is 0 Å². The summed E-state index contributed by atoms with van der Waals surface area (Å²) < 4.78 is 5.70. The lowest BCUT2D eigenvalue weighted by Gasteiger charge is -2.12. The zero-order valence-corrected chi connectivity index (χ0v) is 11.5. The van der Waals surface area contributed by atoms with Crippen molar-refractivity contribution in [2.75, 3.05) is 0 Å². The van der Waals surface area contributed by atoms with Gasteiger partial charge in [0.25, 0.3) is 0 Å². The third-order valence-electron chi connectivity index (χ3n) is 2.91. The van der Waals surface area contributed by atoms with Gasteiger partial charge in [0.05, 0.1) is 6.10 Å². The van der Waals surface area contributed by atoms with Crippen LogP contribution in [0.2, 0.25) is 0 Å². The van der Waals surface area contributed by atoms with Crippen LogP contribution in [0.4, 0.5) is 0 Å². The van der Waals surface area contributed by atoms with E-state index in [4.69, 9.17) is 4.74 Å². The molecule has 2 nitrogen and oxygen atoms in total. The van der Waals surface area contributed by atoms with E-state index in [1.54, 1.807) is 0 Å². The van der Waals surface area contributed by atoms with E-state index < -0.39 is 0 Å². The molecular weight excluding hydrogens is 236 g/mol. The van der Waals surface area contributed by atoms with Gasteiger partial charge in [0.2, 0.25) is 0 Å². The average molecular weight is 254 g/mol. The number of carbonyl (C=O) groups is 1. The SMILES string of the molecule is Cc1ccc(C=O)cc1-c1cccc(OC(C)C)c1. The molecule has 0 unspecified atom stereocenters. The summed E-state index contributed by atoms with van der Waals surface area (Å²) >= 11 is 0. The highest BCUT2D eigenvalue weighted by Crippen LogP contribution is 2.27. The summed E-state index contributed by atoms with van der Waals surface area (Å²) in [5.74, 6) is 0.850. The molecule has 2 heteroatoms. The van der Waals surface area contributed by atoms with Gasteiger partial charge in [-0.1, -0.05) is 24.3 Å². The van der Waals surface area contributed by atoms with Gasteiger partial charge in [0, 0.05) is 5.56 Å². The summed E-state index contributed by atoms with van der Waals surface area (Å²) in [6.45, 7) is 6.05. The van der Waals surface area contributed by atoms with Crippen LogP contribution in [0.1, 0.15) is 29.8 Å². The van der Waals surface area contributed by atoms with Crippen molar-refractivity contribution < 1.29 is 9.53 Å². The fourth-order valence-electron chi connectivity index (χ4n) is 2.03. The summed E-state index contributed by atoms with van der Waals surface area (Å²) in [5.41, 5.74) is 3.97. The number of aryl methyl sites for hydroxylation is 1. The Morgan fingerprint density at radius 3 is 2.58 bits per heavy atom. The number of rotatable bonds is 4. The quantitative estimate of drug-likeness (QED) is 0.762. The largest absolute Gasteiger partial charge is 0.491 e. The first-order valence-electron chi connectivity index (χ1n) is 6.43. The van der Waals surface area contributed by atoms with Gasteiger partial charge in [0.1, 0.15) is 12.0 Å². The Balaban J connectivity index is 2.43. The fourth-order valence-corrected chi connectivity index (χ4v) is 2.03. The third kappa shape index (κ3) is 3.22. The molecule has 0 amide bonds. The maximum absolute atomic E-state index is 10.9. The molecule has 0 radical (unpaired) electrons. The zero-order chi connectivity index (χ0) is 13.8. The van der Waals surface area contributed by atoms with Crippen molar-refractivity contribution in [2.45, 2.75) is 26.9 Å². The highest BCUT2D eigenvalue weighted by atomic mass is 16.5. The summed E-state index contributed by atoms with van der Waals surface area (Å²) in [4.78, 5) is 10.9. The van der Waals surface area contributed by atoms with E-state index in [0.717, 1.165) is 28.7 Å². The highest BCUT2D eigenvalue weighted by Gasteiger charge is 2.05. The lowest BCUT2D eigenvalue weighted by Crippen LogP contribution is -2.05. The van der Waals surface area contributed by atoms with Gasteiger partial charge in [-0.2, -0.15) is 0 Å². The number of benzene rings is 2. The van der Waals surface area contributed by atoms with E-state index in [9.17, 15) is 4.79 Å². The van der Waals surface area contributed by atoms with Gasteiger partial charge in [0.15, 0.2) is 0 Å². The van der Waals surface area contributed by atoms with Gasteiger partial charge in [-0.3, -0.25) is 4.79 Å². The molecule has 2 aromatic carbocycles. The summed E-state index contributed by atoms with van der Waals surface area (Å²) in [6.07, 6.45) is 1.02. The zero-order valence-electron chi connectivity index (χ0n) is 11.5. The second kappa shape index (κ2) is 5.70. The van der Waals surface area contributed by atoms with Crippen LogP contribution in [0.25, 0.3) is 11.1 Å². The average Bonchev–Trinajstić information content (AvgIpc) is 2.39. The van der Waals surface area contributed by atoms with Crippen LogP contribution in [0.15, 0.2) is 42.5 Å². The van der Waals surface area contributed by atoms with Gasteiger partial charge < -0.3 is 4.74 Å². The molecule has 19 heavy (non-hydrogen) atoms. The van der Waals surface area contributed by atoms with E-state index in [0.29, 0.717) is 5.56 Å². The molecule has 2 aromatic rings. The number of hydrogen-bond acceptors (Lipinski definition) is 2. The second-order valence-corrected chi connectivity index (χ2v) is 4.89. The molecule has 0 fully saturated rings. The maximum atomic E-state index is 10.9. The normalized spacial score (nSPS) is 10.5. The molecule has 0 N–H and O–H groups in total. The molecule has 0 saturated carbocycles. The Labute approximate surface area is 114 Å². The Morgan fingerprint density at radius 2 is 1.89 bits per heavy atom. The Morgan fingerprint density at radius 1 is 1.11 bits per heavy atom. The van der Waals surface area contributed by atoms with Gasteiger partial charge in [-0.05, 0) is 55.7 Å². The lowest BCUT2D eigenvalue weighted by molar-refractivity contribution is 0.112. The molecule has 0 aliphatic heterocycles. The van der Waals surface area contributed by atoms with Crippen molar-refractivity contribution in [3.8, 4) is 16.9 Å². The fraction of sp³-hybridized carbons (Fsp3) is 0.235. The van der Waals surface area contributed by atoms with Crippen LogP contribution in [-0.2, 0) is 0 Å². The number of aldehydes is 1. The minimum absolute atomic E-state index is 0.151. The topological polar surface area (TPSA) is 26.3 Å². The molecule has 0 atom stereocenters. The summed E-state index contributed by atoms with van der Waals surface area (Å²) in [7, 11) is 0. The predicted octanol–water partition coefficient (Wildman–Crippen LogP) is 4.26. The van der Waals surface area contributed by atoms with Gasteiger partial charge >= 0.3 is 0 Å². The van der Waals surface area contributed by atoms with E-state index in [-0.39, 0.29) is 6.10 Å². The molecule has 0 spiro atoms. The van der Waals surface area contributed by atoms with Crippen molar-refractivity contribution in [1.82, 2.24) is 0 Å². The molecule has 0 heterocycles. The first-order valence-corrected chi connectivity index (χ1v) is 6.43. The van der Waals surface area contributed by atoms with E-state index in [1.165, 1.54) is 0 Å². The maximum Gasteiger partial charge on any atom is 0.150 e. The van der Waals surface area contributed by atoms with Crippen molar-refractivity contribution in [3.63, 3.8) is 0 Å². The van der Waals surface area contributed by atoms with E-state index in [2.05, 4.69) is 0 Å². The first kappa shape index (κ1) is 13.3. The standard InChI is InChI=1S/C17H18O2/c1-12(2)19-16-6-4-5-15(10-16)17-9-14(11-18)8-7-13(17)3/h4-12H,1-3H3. The van der Waals surface area contributed by atoms with Crippen LogP contribution in [-0.4, -0.2) is 12.4 Å². The number of hydrogen-bond donors (Lipinski definition) is 0. The Hall–Kier alpha value is -2.09. The predicted molar refractivity (Wildman–Crippen MR) is 77.8 cm³/mol. The molecule has 98 valence electrons. The molecular formula is C17H18O2. The second-order valence-electron chi connectivity index (χ2n) is 4.89. The van der Waals surface area contributed by atoms with Crippen LogP contribution in [0.3, 0.4) is 0 Å². The highest BCUT2D eigenvalue weighted by molar-refractivity contribution is 5.80. The minimum Gasteiger partial charge on any atom is -0.491 e. The Bertz CT molecular complexity index is 586. The van der Waals surface area contributed by atoms with Crippen molar-refractivity contribution in [3.05, 3.63) is 53.6 Å². The van der Waals surface area contributed by atoms with Gasteiger partial charge in [-0.15, -0.1) is 0 Å². The summed E-state index contributed by atoms with van der Waals surface area (Å²) in [6, 6.07) is 13.7. The van der Waals surface area contributed by atoms with Crippen LogP contribution >= 0.6 is 0 Å². The summed E-state index contributed by atoms with van der Waals surface area (Å²) in [5, 5.41) is 0. The number of carbonyl (C=O) groups excluding carboxylic acids is 1. The van der Waals surface area contributed by atoms with E-state index >= 15 is 0 Å². The Kier molecular flexibility index (Phi) is 4.00. The molecule has 0 aliphatic rings. The van der Waals surface area contributed by atoms with Crippen LogP contribution < -0.4 is 4.74 Å². The minimum atomic E-state index is 0.151. The smallest absolute Gasteiger partial charge is 0.150 e. The molecule has 0 saturated heterocycles. The first-order chi connectivity index (χ1) is 9.10. The van der Waals surface area contributed by atoms with Crippen molar-refractivity contribution in [2.24, 2.45) is 0 Å². The van der Waals surface area contributed by atoms with Gasteiger partial charge in [-0.25, -0.2) is 0 Å². The molecule has 0 aliphatic carbocycles. The lowest BCUT2D eigenvalue weighted by atomic mass is 9.98.